The van der Waals surface area contributed by atoms with Gasteiger partial charge in [-0.2, -0.15) is 5.10 Å². The molecule has 23 heavy (non-hydrogen) atoms. The van der Waals surface area contributed by atoms with Crippen LogP contribution in [0.4, 0.5) is 9.18 Å². The summed E-state index contributed by atoms with van der Waals surface area (Å²) in [5.41, 5.74) is 1.82. The summed E-state index contributed by atoms with van der Waals surface area (Å²) in [6.07, 6.45) is 2.66. The van der Waals surface area contributed by atoms with E-state index in [1.54, 1.807) is 15.8 Å². The first-order chi connectivity index (χ1) is 11.2. The largest absolute Gasteiger partial charge is 0.335 e. The van der Waals surface area contributed by atoms with E-state index in [4.69, 9.17) is 0 Å². The summed E-state index contributed by atoms with van der Waals surface area (Å²) in [6.45, 7) is 1.67. The molecule has 1 N–H and O–H groups in total. The predicted octanol–water partition coefficient (Wildman–Crippen LogP) is 2.69. The zero-order valence-electron chi connectivity index (χ0n) is 13.0. The second-order valence-corrected chi connectivity index (χ2v) is 5.77. The van der Waals surface area contributed by atoms with Crippen molar-refractivity contribution in [2.45, 2.75) is 25.6 Å². The third-order valence-corrected chi connectivity index (χ3v) is 3.96. The van der Waals surface area contributed by atoms with Gasteiger partial charge in [-0.25, -0.2) is 9.18 Å². The number of aromatic nitrogens is 2. The van der Waals surface area contributed by atoms with Gasteiger partial charge >= 0.3 is 6.03 Å². The molecule has 1 aliphatic rings. The number of likely N-dealkylation sites (tertiary alicyclic amines) is 1. The van der Waals surface area contributed by atoms with E-state index in [9.17, 15) is 9.18 Å². The molecule has 1 unspecified atom stereocenters. The minimum atomic E-state index is -1.16. The maximum Gasteiger partial charge on any atom is 0.317 e. The standard InChI is InChI=1S/C17H21FN4O/c18-15(12-19-17(23)21-9-4-5-10-21)13-22-11-8-16(20-22)14-6-2-1-3-7-14/h1-3,6-8,11,15H,4-5,9-10,12-13H2,(H,19,23). The van der Waals surface area contributed by atoms with Crippen LogP contribution < -0.4 is 5.32 Å². The number of amides is 2. The number of carbonyl (C=O) groups excluding carboxylic acids is 1. The van der Waals surface area contributed by atoms with E-state index in [2.05, 4.69) is 10.4 Å². The van der Waals surface area contributed by atoms with Crippen LogP contribution in [0.25, 0.3) is 11.3 Å². The average Bonchev–Trinajstić information content (AvgIpc) is 3.25. The monoisotopic (exact) mass is 316 g/mol. The van der Waals surface area contributed by atoms with Crippen molar-refractivity contribution < 1.29 is 9.18 Å². The smallest absolute Gasteiger partial charge is 0.317 e. The minimum absolute atomic E-state index is 0.00979. The molecule has 5 nitrogen and oxygen atoms in total. The van der Waals surface area contributed by atoms with Gasteiger partial charge in [0.15, 0.2) is 0 Å². The molecule has 2 heterocycles. The number of benzene rings is 1. The van der Waals surface area contributed by atoms with Gasteiger partial charge in [0.25, 0.3) is 0 Å². The lowest BCUT2D eigenvalue weighted by Gasteiger charge is -2.17. The second kappa shape index (κ2) is 7.26. The fourth-order valence-corrected chi connectivity index (χ4v) is 2.72. The highest BCUT2D eigenvalue weighted by Crippen LogP contribution is 2.16. The number of nitrogens with zero attached hydrogens (tertiary/aromatic N) is 3. The molecule has 122 valence electrons. The molecular weight excluding hydrogens is 295 g/mol. The zero-order valence-corrected chi connectivity index (χ0v) is 13.0. The highest BCUT2D eigenvalue weighted by Gasteiger charge is 2.19. The van der Waals surface area contributed by atoms with Gasteiger partial charge < -0.3 is 10.2 Å². The number of nitrogens with one attached hydrogen (secondary N) is 1. The van der Waals surface area contributed by atoms with Crippen molar-refractivity contribution in [3.8, 4) is 11.3 Å². The Labute approximate surface area is 135 Å². The lowest BCUT2D eigenvalue weighted by molar-refractivity contribution is 0.200. The summed E-state index contributed by atoms with van der Waals surface area (Å²) in [5, 5.41) is 7.03. The molecule has 0 aliphatic carbocycles. The molecular formula is C17H21FN4O. The Morgan fingerprint density at radius 1 is 1.22 bits per heavy atom. The highest BCUT2D eigenvalue weighted by molar-refractivity contribution is 5.74. The number of carbonyl (C=O) groups is 1. The van der Waals surface area contributed by atoms with Crippen LogP contribution >= 0.6 is 0 Å². The summed E-state index contributed by atoms with van der Waals surface area (Å²) in [5.74, 6) is 0. The number of halogens is 1. The average molecular weight is 316 g/mol. The van der Waals surface area contributed by atoms with E-state index < -0.39 is 6.17 Å². The summed E-state index contributed by atoms with van der Waals surface area (Å²) in [6, 6.07) is 11.5. The van der Waals surface area contributed by atoms with Crippen molar-refractivity contribution >= 4 is 6.03 Å². The van der Waals surface area contributed by atoms with Crippen molar-refractivity contribution in [1.29, 1.82) is 0 Å². The predicted molar refractivity (Wildman–Crippen MR) is 86.8 cm³/mol. The quantitative estimate of drug-likeness (QED) is 0.922. The molecule has 6 heteroatoms. The van der Waals surface area contributed by atoms with E-state index in [0.717, 1.165) is 37.2 Å². The Bertz CT molecular complexity index is 637. The normalized spacial score (nSPS) is 15.6. The molecule has 1 aromatic carbocycles. The Kier molecular flexibility index (Phi) is 4.90. The molecule has 1 aliphatic heterocycles. The van der Waals surface area contributed by atoms with E-state index in [1.807, 2.05) is 36.4 Å². The maximum absolute atomic E-state index is 14.1. The van der Waals surface area contributed by atoms with E-state index in [0.29, 0.717) is 0 Å². The fourth-order valence-electron chi connectivity index (χ4n) is 2.72. The molecule has 0 saturated carbocycles. The van der Waals surface area contributed by atoms with Gasteiger partial charge in [0, 0.05) is 24.8 Å². The third-order valence-electron chi connectivity index (χ3n) is 3.96. The molecule has 3 rings (SSSR count). The Hall–Kier alpha value is -2.37. The van der Waals surface area contributed by atoms with Crippen molar-refractivity contribution in [1.82, 2.24) is 20.0 Å². The van der Waals surface area contributed by atoms with Crippen LogP contribution in [-0.4, -0.2) is 46.5 Å². The minimum Gasteiger partial charge on any atom is -0.335 e. The summed E-state index contributed by atoms with van der Waals surface area (Å²) in [7, 11) is 0. The van der Waals surface area contributed by atoms with Crippen molar-refractivity contribution in [2.24, 2.45) is 0 Å². The van der Waals surface area contributed by atoms with Crippen LogP contribution in [0.5, 0.6) is 0 Å². The first-order valence-corrected chi connectivity index (χ1v) is 7.98. The molecule has 1 fully saturated rings. The van der Waals surface area contributed by atoms with Crippen molar-refractivity contribution in [2.75, 3.05) is 19.6 Å². The van der Waals surface area contributed by atoms with Crippen molar-refractivity contribution in [3.63, 3.8) is 0 Å². The number of urea groups is 1. The van der Waals surface area contributed by atoms with Crippen LogP contribution in [0.1, 0.15) is 12.8 Å². The molecule has 0 spiro atoms. The van der Waals surface area contributed by atoms with Crippen LogP contribution in [0.3, 0.4) is 0 Å². The topological polar surface area (TPSA) is 50.2 Å². The van der Waals surface area contributed by atoms with E-state index in [1.165, 1.54) is 0 Å². The van der Waals surface area contributed by atoms with Crippen LogP contribution in [0.2, 0.25) is 0 Å². The summed E-state index contributed by atoms with van der Waals surface area (Å²) < 4.78 is 15.6. The lowest BCUT2D eigenvalue weighted by atomic mass is 10.2. The fraction of sp³-hybridized carbons (Fsp3) is 0.412. The number of hydrogen-bond donors (Lipinski definition) is 1. The SMILES string of the molecule is O=C(NCC(F)Cn1ccc(-c2ccccc2)n1)N1CCCC1. The Morgan fingerprint density at radius 2 is 1.96 bits per heavy atom. The van der Waals surface area contributed by atoms with E-state index in [-0.39, 0.29) is 19.1 Å². The Morgan fingerprint density at radius 3 is 2.70 bits per heavy atom. The van der Waals surface area contributed by atoms with Crippen LogP contribution in [-0.2, 0) is 6.54 Å². The van der Waals surface area contributed by atoms with E-state index >= 15 is 0 Å². The molecule has 0 radical (unpaired) electrons. The van der Waals surface area contributed by atoms with Gasteiger partial charge in [-0.05, 0) is 18.9 Å². The van der Waals surface area contributed by atoms with Gasteiger partial charge in [0.2, 0.25) is 0 Å². The first-order valence-electron chi connectivity index (χ1n) is 7.98. The van der Waals surface area contributed by atoms with Gasteiger partial charge in [-0.15, -0.1) is 0 Å². The van der Waals surface area contributed by atoms with Gasteiger partial charge in [-0.3, -0.25) is 4.68 Å². The van der Waals surface area contributed by atoms with Crippen molar-refractivity contribution in [3.05, 3.63) is 42.6 Å². The number of hydrogen-bond acceptors (Lipinski definition) is 2. The summed E-state index contributed by atoms with van der Waals surface area (Å²) >= 11 is 0. The van der Waals surface area contributed by atoms with Crippen LogP contribution in [0, 0.1) is 0 Å². The molecule has 2 amide bonds. The number of alkyl halides is 1. The zero-order chi connectivity index (χ0) is 16.1. The van der Waals surface area contributed by atoms with Crippen LogP contribution in [0.15, 0.2) is 42.6 Å². The molecule has 2 aromatic rings. The molecule has 1 atom stereocenters. The highest BCUT2D eigenvalue weighted by atomic mass is 19.1. The molecule has 0 bridgehead atoms. The third kappa shape index (κ3) is 4.09. The van der Waals surface area contributed by atoms with Gasteiger partial charge in [0.1, 0.15) is 6.17 Å². The number of rotatable bonds is 5. The first kappa shape index (κ1) is 15.5. The summed E-state index contributed by atoms with van der Waals surface area (Å²) in [4.78, 5) is 13.5. The molecule has 1 aromatic heterocycles. The Balaban J connectivity index is 1.49. The second-order valence-electron chi connectivity index (χ2n) is 5.77. The molecule has 1 saturated heterocycles. The lowest BCUT2D eigenvalue weighted by Crippen LogP contribution is -2.41. The van der Waals surface area contributed by atoms with Gasteiger partial charge in [0.05, 0.1) is 18.8 Å². The van der Waals surface area contributed by atoms with Gasteiger partial charge in [-0.1, -0.05) is 30.3 Å². The maximum atomic E-state index is 14.1.